The predicted octanol–water partition coefficient (Wildman–Crippen LogP) is 4.67. The van der Waals surface area contributed by atoms with E-state index in [2.05, 4.69) is 19.9 Å². The Morgan fingerprint density at radius 1 is 1.14 bits per heavy atom. The van der Waals surface area contributed by atoms with Gasteiger partial charge in [-0.15, -0.1) is 0 Å². The molecule has 1 saturated heterocycles. The molecule has 0 saturated carbocycles. The zero-order valence-corrected chi connectivity index (χ0v) is 21.6. The fourth-order valence-electron chi connectivity index (χ4n) is 5.57. The molecule has 3 heterocycles. The second-order valence-electron chi connectivity index (χ2n) is 10.1. The number of aliphatic hydroxyl groups excluding tert-OH is 1. The average Bonchev–Trinajstić information content (AvgIpc) is 2.93. The van der Waals surface area contributed by atoms with Crippen molar-refractivity contribution in [3.8, 4) is 5.75 Å². The maximum Gasteiger partial charge on any atom is 0.303 e. The topological polar surface area (TPSA) is 109 Å². The number of piperidine rings is 1. The minimum absolute atomic E-state index is 0.195. The molecule has 198 valence electrons. The molecule has 1 aliphatic rings. The van der Waals surface area contributed by atoms with E-state index >= 15 is 0 Å². The van der Waals surface area contributed by atoms with Crippen molar-refractivity contribution in [1.29, 1.82) is 0 Å². The molecule has 1 aromatic carbocycles. The molecule has 8 heteroatoms. The highest BCUT2D eigenvalue weighted by atomic mass is 16.5. The minimum atomic E-state index is -0.738. The molecular weight excluding hydrogens is 468 g/mol. The van der Waals surface area contributed by atoms with Crippen LogP contribution in [0.15, 0.2) is 49.1 Å². The lowest BCUT2D eigenvalue weighted by atomic mass is 9.79. The number of carboxylic acids is 1. The van der Waals surface area contributed by atoms with Crippen LogP contribution in [0.2, 0.25) is 0 Å². The third-order valence-electron chi connectivity index (χ3n) is 7.66. The summed E-state index contributed by atoms with van der Waals surface area (Å²) in [5, 5.41) is 21.3. The number of methoxy groups -OCH3 is 1. The van der Waals surface area contributed by atoms with Gasteiger partial charge in [-0.3, -0.25) is 9.78 Å². The molecule has 3 atom stereocenters. The first-order valence-electron chi connectivity index (χ1n) is 13.3. The van der Waals surface area contributed by atoms with Gasteiger partial charge in [-0.25, -0.2) is 9.97 Å². The predicted molar refractivity (Wildman–Crippen MR) is 142 cm³/mol. The molecule has 0 amide bonds. The Labute approximate surface area is 218 Å². The number of fused-ring (bicyclic) bond motifs is 1. The number of ether oxygens (including phenoxy) is 1. The van der Waals surface area contributed by atoms with Gasteiger partial charge < -0.3 is 19.8 Å². The van der Waals surface area contributed by atoms with Gasteiger partial charge >= 0.3 is 5.97 Å². The van der Waals surface area contributed by atoms with Crippen LogP contribution < -0.4 is 4.74 Å². The number of benzene rings is 1. The Hall–Kier alpha value is -3.10. The lowest BCUT2D eigenvalue weighted by Gasteiger charge is -2.39. The van der Waals surface area contributed by atoms with Crippen LogP contribution in [0.25, 0.3) is 10.9 Å². The van der Waals surface area contributed by atoms with E-state index in [-0.39, 0.29) is 6.42 Å². The second kappa shape index (κ2) is 13.4. The number of carboxylic acid groups (broad SMARTS) is 1. The van der Waals surface area contributed by atoms with Crippen LogP contribution in [0.1, 0.15) is 62.3 Å². The van der Waals surface area contributed by atoms with Crippen molar-refractivity contribution in [1.82, 2.24) is 19.9 Å². The molecule has 1 aliphatic heterocycles. The smallest absolute Gasteiger partial charge is 0.303 e. The SMILES string of the molecule is COc1ccc2nccc([C@@H](O)CCC3CCN(CCCCc4ccncn4)CC3CCC(=O)O)c2c1. The number of aliphatic hydroxyl groups is 1. The molecule has 0 spiro atoms. The first-order chi connectivity index (χ1) is 18.0. The van der Waals surface area contributed by atoms with E-state index in [1.807, 2.05) is 30.3 Å². The normalized spacial score (nSPS) is 19.1. The van der Waals surface area contributed by atoms with Crippen LogP contribution >= 0.6 is 0 Å². The van der Waals surface area contributed by atoms with E-state index < -0.39 is 12.1 Å². The van der Waals surface area contributed by atoms with Gasteiger partial charge in [-0.05, 0) is 106 Å². The number of likely N-dealkylation sites (tertiary alicyclic amines) is 1. The summed E-state index contributed by atoms with van der Waals surface area (Å²) < 4.78 is 5.37. The number of carbonyl (C=O) groups is 1. The van der Waals surface area contributed by atoms with Gasteiger partial charge in [0.1, 0.15) is 12.1 Å². The monoisotopic (exact) mass is 506 g/mol. The van der Waals surface area contributed by atoms with Gasteiger partial charge in [0.15, 0.2) is 0 Å². The Kier molecular flexibility index (Phi) is 9.79. The Morgan fingerprint density at radius 3 is 2.81 bits per heavy atom. The number of rotatable bonds is 13. The van der Waals surface area contributed by atoms with Crippen molar-refractivity contribution in [3.63, 3.8) is 0 Å². The third-order valence-corrected chi connectivity index (χ3v) is 7.66. The average molecular weight is 507 g/mol. The summed E-state index contributed by atoms with van der Waals surface area (Å²) >= 11 is 0. The fourth-order valence-corrected chi connectivity index (χ4v) is 5.57. The number of unbranched alkanes of at least 4 members (excludes halogenated alkanes) is 1. The fraction of sp³-hybridized carbons (Fsp3) is 0.517. The van der Waals surface area contributed by atoms with Crippen molar-refractivity contribution in [2.45, 2.75) is 57.5 Å². The molecule has 0 radical (unpaired) electrons. The highest BCUT2D eigenvalue weighted by Crippen LogP contribution is 2.35. The summed E-state index contributed by atoms with van der Waals surface area (Å²) in [5.41, 5.74) is 2.78. The van der Waals surface area contributed by atoms with Crippen molar-refractivity contribution >= 4 is 16.9 Å². The summed E-state index contributed by atoms with van der Waals surface area (Å²) in [4.78, 5) is 26.5. The molecule has 0 aliphatic carbocycles. The number of aromatic nitrogens is 3. The van der Waals surface area contributed by atoms with Crippen LogP contribution in [0.4, 0.5) is 0 Å². The second-order valence-corrected chi connectivity index (χ2v) is 10.1. The molecule has 3 aromatic rings. The minimum Gasteiger partial charge on any atom is -0.497 e. The molecule has 2 N–H and O–H groups in total. The first-order valence-corrected chi connectivity index (χ1v) is 13.3. The Balaban J connectivity index is 1.32. The summed E-state index contributed by atoms with van der Waals surface area (Å²) in [6.07, 6.45) is 11.1. The van der Waals surface area contributed by atoms with Crippen molar-refractivity contribution in [2.75, 3.05) is 26.7 Å². The maximum absolute atomic E-state index is 11.3. The zero-order valence-electron chi connectivity index (χ0n) is 21.6. The van der Waals surface area contributed by atoms with Gasteiger partial charge in [0, 0.05) is 36.4 Å². The first kappa shape index (κ1) is 26.9. The van der Waals surface area contributed by atoms with Crippen LogP contribution in [-0.4, -0.2) is 62.8 Å². The quantitative estimate of drug-likeness (QED) is 0.322. The van der Waals surface area contributed by atoms with E-state index in [0.29, 0.717) is 24.7 Å². The van der Waals surface area contributed by atoms with E-state index in [1.165, 1.54) is 0 Å². The molecule has 0 bridgehead atoms. The molecule has 4 rings (SSSR count). The summed E-state index contributed by atoms with van der Waals surface area (Å²) in [6, 6.07) is 9.57. The van der Waals surface area contributed by atoms with Crippen molar-refractivity contribution < 1.29 is 19.7 Å². The maximum atomic E-state index is 11.3. The molecule has 37 heavy (non-hydrogen) atoms. The van der Waals surface area contributed by atoms with E-state index in [9.17, 15) is 15.0 Å². The van der Waals surface area contributed by atoms with E-state index in [0.717, 1.165) is 79.6 Å². The van der Waals surface area contributed by atoms with E-state index in [1.54, 1.807) is 25.8 Å². The third kappa shape index (κ3) is 7.69. The number of aliphatic carboxylic acids is 1. The lowest BCUT2D eigenvalue weighted by molar-refractivity contribution is -0.137. The van der Waals surface area contributed by atoms with Gasteiger partial charge in [0.25, 0.3) is 0 Å². The van der Waals surface area contributed by atoms with Gasteiger partial charge in [0.05, 0.1) is 18.7 Å². The zero-order chi connectivity index (χ0) is 26.0. The molecule has 2 unspecified atom stereocenters. The number of nitrogens with zero attached hydrogens (tertiary/aromatic N) is 4. The summed E-state index contributed by atoms with van der Waals surface area (Å²) in [7, 11) is 1.63. The lowest BCUT2D eigenvalue weighted by Crippen LogP contribution is -2.41. The molecule has 8 nitrogen and oxygen atoms in total. The molecule has 1 fully saturated rings. The largest absolute Gasteiger partial charge is 0.497 e. The number of aryl methyl sites for hydroxylation is 1. The summed E-state index contributed by atoms with van der Waals surface area (Å²) in [6.45, 7) is 2.97. The Morgan fingerprint density at radius 2 is 2.03 bits per heavy atom. The number of hydrogen-bond acceptors (Lipinski definition) is 7. The van der Waals surface area contributed by atoms with Crippen molar-refractivity contribution in [3.05, 3.63) is 60.3 Å². The van der Waals surface area contributed by atoms with Gasteiger partial charge in [-0.2, -0.15) is 0 Å². The number of hydrogen-bond donors (Lipinski definition) is 2. The van der Waals surface area contributed by atoms with Crippen LogP contribution in [0.5, 0.6) is 5.75 Å². The van der Waals surface area contributed by atoms with Gasteiger partial charge in [-0.1, -0.05) is 0 Å². The van der Waals surface area contributed by atoms with Crippen LogP contribution in [-0.2, 0) is 11.2 Å². The van der Waals surface area contributed by atoms with Crippen molar-refractivity contribution in [2.24, 2.45) is 11.8 Å². The standard InChI is InChI=1S/C29H38N4O4/c1-37-24-7-8-27-26(18-24)25(12-15-31-27)28(34)9-5-21-13-17-33(19-22(21)6-10-29(35)36)16-3-2-4-23-11-14-30-20-32-23/h7-8,11-12,14-15,18,20-22,28,34H,2-6,9-10,13,16-17,19H2,1H3,(H,35,36)/t21?,22?,28-/m0/s1. The van der Waals surface area contributed by atoms with Crippen LogP contribution in [0, 0.1) is 11.8 Å². The van der Waals surface area contributed by atoms with E-state index in [4.69, 9.17) is 4.74 Å². The highest BCUT2D eigenvalue weighted by molar-refractivity contribution is 5.83. The Bertz CT molecular complexity index is 1140. The molecular formula is C29H38N4O4. The van der Waals surface area contributed by atoms with Gasteiger partial charge in [0.2, 0.25) is 0 Å². The summed E-state index contributed by atoms with van der Waals surface area (Å²) in [5.74, 6) is 0.743. The highest BCUT2D eigenvalue weighted by Gasteiger charge is 2.30. The number of pyridine rings is 1. The van der Waals surface area contributed by atoms with Crippen LogP contribution in [0.3, 0.4) is 0 Å². The molecule has 2 aromatic heterocycles.